The molecule has 0 bridgehead atoms. The van der Waals surface area contributed by atoms with Gasteiger partial charge < -0.3 is 39.6 Å². The lowest BCUT2D eigenvalue weighted by atomic mass is 10.0. The number of pyridine rings is 1. The van der Waals surface area contributed by atoms with Gasteiger partial charge in [-0.15, -0.1) is 0 Å². The van der Waals surface area contributed by atoms with Crippen molar-refractivity contribution >= 4 is 23.9 Å². The summed E-state index contributed by atoms with van der Waals surface area (Å²) < 4.78 is 0. The highest BCUT2D eigenvalue weighted by molar-refractivity contribution is 5.95. The summed E-state index contributed by atoms with van der Waals surface area (Å²) in [6.07, 6.45) is 4.17. The van der Waals surface area contributed by atoms with Crippen LogP contribution >= 0.6 is 0 Å². The average molecular weight is 481 g/mol. The number of rotatable bonds is 7. The second-order valence-corrected chi connectivity index (χ2v) is 7.48. The molecule has 11 heteroatoms. The van der Waals surface area contributed by atoms with Crippen LogP contribution in [0.1, 0.15) is 41.4 Å². The molecule has 0 atom stereocenters. The molecule has 4 rings (SSSR count). The van der Waals surface area contributed by atoms with E-state index in [4.69, 9.17) is 0 Å². The Morgan fingerprint density at radius 3 is 1.28 bits per heavy atom. The number of carbonyl (C=O) groups is 4. The molecule has 2 aromatic carbocycles. The molecule has 0 amide bonds. The van der Waals surface area contributed by atoms with Crippen molar-refractivity contribution in [2.45, 2.75) is 0 Å². The number of carboxylic acids is 4. The summed E-state index contributed by atoms with van der Waals surface area (Å²) in [6, 6.07) is 9.84. The molecule has 0 fully saturated rings. The van der Waals surface area contributed by atoms with Crippen molar-refractivity contribution in [3.05, 3.63) is 89.4 Å². The van der Waals surface area contributed by atoms with E-state index >= 15 is 0 Å². The largest absolute Gasteiger partial charge is 0.545 e. The molecule has 0 spiro atoms. The van der Waals surface area contributed by atoms with Gasteiger partial charge in [0.25, 0.3) is 0 Å². The maximum absolute atomic E-state index is 11.2. The Hall–Kier alpha value is -5.45. The Morgan fingerprint density at radius 1 is 0.472 bits per heavy atom. The molecular formula is C25H11N3O8-4. The van der Waals surface area contributed by atoms with Crippen molar-refractivity contribution < 1.29 is 39.6 Å². The van der Waals surface area contributed by atoms with Gasteiger partial charge in [0.05, 0.1) is 29.6 Å². The van der Waals surface area contributed by atoms with E-state index < -0.39 is 23.9 Å². The Balaban J connectivity index is 1.64. The number of nitrogens with zero attached hydrogens (tertiary/aromatic N) is 3. The second kappa shape index (κ2) is 9.43. The highest BCUT2D eigenvalue weighted by atomic mass is 16.4. The van der Waals surface area contributed by atoms with E-state index in [0.717, 1.165) is 12.1 Å². The Kier molecular flexibility index (Phi) is 6.21. The van der Waals surface area contributed by atoms with Gasteiger partial charge in [-0.25, -0.2) is 9.97 Å². The average Bonchev–Trinajstić information content (AvgIpc) is 2.88. The van der Waals surface area contributed by atoms with Gasteiger partial charge in [0.1, 0.15) is 0 Å². The van der Waals surface area contributed by atoms with E-state index in [1.54, 1.807) is 12.1 Å². The lowest BCUT2D eigenvalue weighted by Crippen LogP contribution is -2.25. The van der Waals surface area contributed by atoms with E-state index in [2.05, 4.69) is 15.0 Å². The first-order valence-electron chi connectivity index (χ1n) is 10.1. The topological polar surface area (TPSA) is 199 Å². The molecule has 0 saturated heterocycles. The monoisotopic (exact) mass is 481 g/mol. The zero-order chi connectivity index (χ0) is 26.0. The van der Waals surface area contributed by atoms with Crippen molar-refractivity contribution in [2.24, 2.45) is 0 Å². The predicted octanol–water partition coefficient (Wildman–Crippen LogP) is -1.67. The van der Waals surface area contributed by atoms with Crippen molar-refractivity contribution in [3.8, 4) is 33.8 Å². The van der Waals surface area contributed by atoms with Gasteiger partial charge in [0, 0.05) is 35.3 Å². The quantitative estimate of drug-likeness (QED) is 0.292. The van der Waals surface area contributed by atoms with Crippen LogP contribution in [-0.2, 0) is 0 Å². The summed E-state index contributed by atoms with van der Waals surface area (Å²) in [6.45, 7) is 0. The minimum atomic E-state index is -1.57. The first kappa shape index (κ1) is 23.7. The van der Waals surface area contributed by atoms with E-state index in [9.17, 15) is 39.6 Å². The fourth-order valence-electron chi connectivity index (χ4n) is 3.37. The molecule has 2 heterocycles. The van der Waals surface area contributed by atoms with Crippen molar-refractivity contribution in [2.75, 3.05) is 0 Å². The number of aromatic nitrogens is 3. The maximum atomic E-state index is 11.2. The standard InChI is InChI=1S/C25H15N3O8/c29-22(30)15-3-13(4-16(7-15)23(31)32)12-1-2-20(26-9-12)19-10-27-21(28-11-19)14-5-17(24(33)34)8-18(6-14)25(35)36/h1-11H,(H,29,30)(H,31,32)(H,33,34)(H,35,36)/p-4. The number of benzene rings is 2. The first-order chi connectivity index (χ1) is 17.1. The van der Waals surface area contributed by atoms with Gasteiger partial charge in [-0.2, -0.15) is 0 Å². The Morgan fingerprint density at radius 2 is 0.889 bits per heavy atom. The molecule has 11 nitrogen and oxygen atoms in total. The van der Waals surface area contributed by atoms with Gasteiger partial charge in [0.2, 0.25) is 0 Å². The van der Waals surface area contributed by atoms with Crippen LogP contribution in [0.5, 0.6) is 0 Å². The van der Waals surface area contributed by atoms with Crippen LogP contribution in [0.15, 0.2) is 67.1 Å². The lowest BCUT2D eigenvalue weighted by molar-refractivity contribution is -0.257. The highest BCUT2D eigenvalue weighted by Crippen LogP contribution is 2.25. The summed E-state index contributed by atoms with van der Waals surface area (Å²) in [5, 5.41) is 44.8. The van der Waals surface area contributed by atoms with Gasteiger partial charge in [-0.05, 0) is 70.3 Å². The minimum absolute atomic E-state index is 0.0508. The smallest absolute Gasteiger partial charge is 0.159 e. The van der Waals surface area contributed by atoms with Crippen molar-refractivity contribution in [3.63, 3.8) is 0 Å². The number of carbonyl (C=O) groups excluding carboxylic acids is 4. The van der Waals surface area contributed by atoms with Crippen molar-refractivity contribution in [1.82, 2.24) is 15.0 Å². The summed E-state index contributed by atoms with van der Waals surface area (Å²) >= 11 is 0. The molecule has 0 aliphatic rings. The van der Waals surface area contributed by atoms with Gasteiger partial charge in [-0.1, -0.05) is 6.07 Å². The molecule has 0 aliphatic heterocycles. The molecule has 178 valence electrons. The molecule has 36 heavy (non-hydrogen) atoms. The van der Waals surface area contributed by atoms with Crippen LogP contribution in [-0.4, -0.2) is 38.8 Å². The van der Waals surface area contributed by atoms with Crippen LogP contribution in [0.3, 0.4) is 0 Å². The first-order valence-corrected chi connectivity index (χ1v) is 10.1. The highest BCUT2D eigenvalue weighted by Gasteiger charge is 2.10. The molecule has 0 saturated carbocycles. The van der Waals surface area contributed by atoms with E-state index in [1.807, 2.05) is 0 Å². The number of hydrogen-bond donors (Lipinski definition) is 0. The fourth-order valence-corrected chi connectivity index (χ4v) is 3.37. The number of hydrogen-bond acceptors (Lipinski definition) is 11. The Bertz CT molecular complexity index is 1350. The summed E-state index contributed by atoms with van der Waals surface area (Å²) in [5.74, 6) is -6.18. The summed E-state index contributed by atoms with van der Waals surface area (Å²) in [4.78, 5) is 57.4. The van der Waals surface area contributed by atoms with E-state index in [0.29, 0.717) is 16.8 Å². The molecule has 0 unspecified atom stereocenters. The molecule has 0 radical (unpaired) electrons. The number of carboxylic acid groups (broad SMARTS) is 4. The van der Waals surface area contributed by atoms with Gasteiger partial charge in [-0.3, -0.25) is 4.98 Å². The summed E-state index contributed by atoms with van der Waals surface area (Å²) in [5.41, 5.74) is 0.299. The normalized spacial score (nSPS) is 10.6. The molecule has 4 aromatic rings. The van der Waals surface area contributed by atoms with E-state index in [1.165, 1.54) is 42.9 Å². The zero-order valence-corrected chi connectivity index (χ0v) is 18.0. The second-order valence-electron chi connectivity index (χ2n) is 7.48. The van der Waals surface area contributed by atoms with Crippen molar-refractivity contribution in [1.29, 1.82) is 0 Å². The lowest BCUT2D eigenvalue weighted by Gasteiger charge is -2.12. The Labute approximate surface area is 202 Å². The molecule has 0 aliphatic carbocycles. The fraction of sp³-hybridized carbons (Fsp3) is 0. The van der Waals surface area contributed by atoms with Crippen LogP contribution in [0.25, 0.3) is 33.8 Å². The minimum Gasteiger partial charge on any atom is -0.545 e. The van der Waals surface area contributed by atoms with Gasteiger partial charge >= 0.3 is 0 Å². The third-order valence-corrected chi connectivity index (χ3v) is 5.11. The molecule has 0 N–H and O–H groups in total. The predicted molar refractivity (Wildman–Crippen MR) is 113 cm³/mol. The van der Waals surface area contributed by atoms with Crippen LogP contribution in [0.4, 0.5) is 0 Å². The third kappa shape index (κ3) is 4.89. The van der Waals surface area contributed by atoms with Gasteiger partial charge in [0.15, 0.2) is 5.82 Å². The SMILES string of the molecule is O=C([O-])c1cc(C(=O)[O-])cc(-c2ccc(-c3cnc(-c4cc(C(=O)[O-])cc(C(=O)[O-])c4)nc3)nc2)c1. The third-order valence-electron chi connectivity index (χ3n) is 5.11. The molecular weight excluding hydrogens is 470 g/mol. The van der Waals surface area contributed by atoms with Crippen LogP contribution in [0.2, 0.25) is 0 Å². The molecule has 2 aromatic heterocycles. The zero-order valence-electron chi connectivity index (χ0n) is 18.0. The van der Waals surface area contributed by atoms with Crippen LogP contribution < -0.4 is 20.4 Å². The van der Waals surface area contributed by atoms with E-state index in [-0.39, 0.29) is 39.2 Å². The maximum Gasteiger partial charge on any atom is 0.159 e. The van der Waals surface area contributed by atoms with Crippen LogP contribution in [0, 0.1) is 0 Å². The number of aromatic carboxylic acids is 4. The summed E-state index contributed by atoms with van der Waals surface area (Å²) in [7, 11) is 0.